The lowest BCUT2D eigenvalue weighted by atomic mass is 9.82. The quantitative estimate of drug-likeness (QED) is 0.652. The van der Waals surface area contributed by atoms with Crippen LogP contribution >= 0.6 is 0 Å². The zero-order valence-corrected chi connectivity index (χ0v) is 17.2. The lowest BCUT2D eigenvalue weighted by Crippen LogP contribution is -2.46. The Morgan fingerprint density at radius 2 is 1.46 bits per heavy atom. The summed E-state index contributed by atoms with van der Waals surface area (Å²) in [6.07, 6.45) is 3.38. The number of rotatable bonds is 8. The first-order valence-corrected chi connectivity index (χ1v) is 9.57. The first kappa shape index (κ1) is 21.5. The highest BCUT2D eigenvalue weighted by Gasteiger charge is 2.38. The van der Waals surface area contributed by atoms with Gasteiger partial charge < -0.3 is 9.64 Å². The average Bonchev–Trinajstić information content (AvgIpc) is 2.68. The van der Waals surface area contributed by atoms with Gasteiger partial charge in [-0.3, -0.25) is 19.6 Å². The molecule has 150 valence electrons. The lowest BCUT2D eigenvalue weighted by Gasteiger charge is -2.36. The number of carbonyl (C=O) groups is 2. The van der Waals surface area contributed by atoms with E-state index in [1.54, 1.807) is 12.4 Å². The number of esters is 1. The molecule has 0 bridgehead atoms. The van der Waals surface area contributed by atoms with Crippen LogP contribution in [0.2, 0.25) is 0 Å². The molecule has 1 amide bonds. The normalized spacial score (nSPS) is 13.2. The molecule has 0 saturated carbocycles. The van der Waals surface area contributed by atoms with Gasteiger partial charge in [0.2, 0.25) is 5.91 Å². The predicted octanol–water partition coefficient (Wildman–Crippen LogP) is 3.55. The zero-order chi connectivity index (χ0) is 20.7. The highest BCUT2D eigenvalue weighted by atomic mass is 16.5. The third-order valence-corrected chi connectivity index (χ3v) is 4.72. The fraction of sp³-hybridized carbons (Fsp3) is 0.455. The summed E-state index contributed by atoms with van der Waals surface area (Å²) in [5, 5.41) is 0. The summed E-state index contributed by atoms with van der Waals surface area (Å²) < 4.78 is 4.91. The van der Waals surface area contributed by atoms with Gasteiger partial charge in [0.15, 0.2) is 0 Å². The van der Waals surface area contributed by atoms with E-state index in [9.17, 15) is 9.59 Å². The summed E-state index contributed by atoms with van der Waals surface area (Å²) in [6, 6.07) is 11.0. The molecule has 2 atom stereocenters. The van der Waals surface area contributed by atoms with E-state index in [1.807, 2.05) is 69.0 Å². The van der Waals surface area contributed by atoms with Gasteiger partial charge in [0, 0.05) is 36.1 Å². The molecule has 0 aliphatic heterocycles. The van der Waals surface area contributed by atoms with Crippen molar-refractivity contribution in [3.63, 3.8) is 0 Å². The van der Waals surface area contributed by atoms with Gasteiger partial charge in [-0.25, -0.2) is 0 Å². The Hall–Kier alpha value is -2.76. The van der Waals surface area contributed by atoms with E-state index in [-0.39, 0.29) is 30.4 Å². The molecular formula is C22H29N3O3. The summed E-state index contributed by atoms with van der Waals surface area (Å²) >= 11 is 0. The molecule has 2 heterocycles. The maximum atomic E-state index is 13.7. The topological polar surface area (TPSA) is 72.4 Å². The number of hydrogen-bond donors (Lipinski definition) is 0. The largest absolute Gasteiger partial charge is 0.469 e. The molecule has 0 aliphatic rings. The monoisotopic (exact) mass is 383 g/mol. The second kappa shape index (κ2) is 9.97. The van der Waals surface area contributed by atoms with Gasteiger partial charge in [0.1, 0.15) is 0 Å². The van der Waals surface area contributed by atoms with Crippen LogP contribution in [0, 0.1) is 0 Å². The maximum Gasteiger partial charge on any atom is 0.306 e. The summed E-state index contributed by atoms with van der Waals surface area (Å²) in [5.41, 5.74) is 1.29. The second-order valence-corrected chi connectivity index (χ2v) is 7.31. The van der Waals surface area contributed by atoms with Crippen LogP contribution in [0.5, 0.6) is 0 Å². The first-order valence-electron chi connectivity index (χ1n) is 9.57. The standard InChI is InChI=1S/C22H29N3O3/c1-15(2)25(16(3)4)22(27)21(19-11-7-9-13-24-19)17(14-20(26)28-5)18-10-6-8-12-23-18/h6-13,15-17,21H,14H2,1-5H3. The van der Waals surface area contributed by atoms with Crippen molar-refractivity contribution in [3.05, 3.63) is 60.2 Å². The molecule has 0 aromatic carbocycles. The molecule has 0 fully saturated rings. The van der Waals surface area contributed by atoms with Gasteiger partial charge >= 0.3 is 5.97 Å². The Labute approximate surface area is 167 Å². The Morgan fingerprint density at radius 3 is 1.89 bits per heavy atom. The highest BCUT2D eigenvalue weighted by Crippen LogP contribution is 2.36. The van der Waals surface area contributed by atoms with Crippen LogP contribution in [0.4, 0.5) is 0 Å². The van der Waals surface area contributed by atoms with Gasteiger partial charge in [-0.2, -0.15) is 0 Å². The van der Waals surface area contributed by atoms with E-state index < -0.39 is 11.8 Å². The van der Waals surface area contributed by atoms with Crippen LogP contribution in [0.3, 0.4) is 0 Å². The number of hydrogen-bond acceptors (Lipinski definition) is 5. The molecule has 28 heavy (non-hydrogen) atoms. The van der Waals surface area contributed by atoms with Crippen LogP contribution in [-0.2, 0) is 14.3 Å². The van der Waals surface area contributed by atoms with Crippen LogP contribution < -0.4 is 0 Å². The molecule has 0 radical (unpaired) electrons. The van der Waals surface area contributed by atoms with Crippen molar-refractivity contribution in [1.82, 2.24) is 14.9 Å². The fourth-order valence-corrected chi connectivity index (χ4v) is 3.58. The van der Waals surface area contributed by atoms with E-state index in [2.05, 4.69) is 9.97 Å². The molecule has 2 aromatic heterocycles. The second-order valence-electron chi connectivity index (χ2n) is 7.31. The molecule has 2 unspecified atom stereocenters. The molecule has 6 heteroatoms. The molecule has 2 rings (SSSR count). The Bertz CT molecular complexity index is 755. The van der Waals surface area contributed by atoms with Gasteiger partial charge in [0.05, 0.1) is 25.1 Å². The minimum Gasteiger partial charge on any atom is -0.469 e. The van der Waals surface area contributed by atoms with Crippen molar-refractivity contribution < 1.29 is 14.3 Å². The number of carbonyl (C=O) groups excluding carboxylic acids is 2. The summed E-state index contributed by atoms with van der Waals surface area (Å²) in [4.78, 5) is 36.6. The van der Waals surface area contributed by atoms with E-state index in [0.29, 0.717) is 11.4 Å². The summed E-state index contributed by atoms with van der Waals surface area (Å²) in [7, 11) is 1.35. The summed E-state index contributed by atoms with van der Waals surface area (Å²) in [6.45, 7) is 7.96. The molecule has 6 nitrogen and oxygen atoms in total. The summed E-state index contributed by atoms with van der Waals surface area (Å²) in [5.74, 6) is -1.57. The van der Waals surface area contributed by atoms with Crippen molar-refractivity contribution in [2.45, 2.75) is 58.0 Å². The Kier molecular flexibility index (Phi) is 7.67. The van der Waals surface area contributed by atoms with Crippen LogP contribution in [0.15, 0.2) is 48.8 Å². The van der Waals surface area contributed by atoms with Gasteiger partial charge in [-0.1, -0.05) is 12.1 Å². The number of nitrogens with zero attached hydrogens (tertiary/aromatic N) is 3. The van der Waals surface area contributed by atoms with Gasteiger partial charge in [-0.15, -0.1) is 0 Å². The van der Waals surface area contributed by atoms with E-state index in [0.717, 1.165) is 0 Å². The van der Waals surface area contributed by atoms with Crippen molar-refractivity contribution in [2.24, 2.45) is 0 Å². The molecule has 0 N–H and O–H groups in total. The number of ether oxygens (including phenoxy) is 1. The van der Waals surface area contributed by atoms with Gasteiger partial charge in [-0.05, 0) is 52.0 Å². The third-order valence-electron chi connectivity index (χ3n) is 4.72. The van der Waals surface area contributed by atoms with Crippen molar-refractivity contribution in [2.75, 3.05) is 7.11 Å². The van der Waals surface area contributed by atoms with Crippen molar-refractivity contribution >= 4 is 11.9 Å². The van der Waals surface area contributed by atoms with Crippen LogP contribution in [0.1, 0.15) is 57.3 Å². The number of methoxy groups -OCH3 is 1. The minimum atomic E-state index is -0.639. The zero-order valence-electron chi connectivity index (χ0n) is 17.2. The van der Waals surface area contributed by atoms with E-state index in [4.69, 9.17) is 4.74 Å². The fourth-order valence-electron chi connectivity index (χ4n) is 3.58. The smallest absolute Gasteiger partial charge is 0.306 e. The molecule has 0 spiro atoms. The minimum absolute atomic E-state index is 0.0150. The number of aromatic nitrogens is 2. The SMILES string of the molecule is COC(=O)CC(c1ccccn1)C(C(=O)N(C(C)C)C(C)C)c1ccccn1. The maximum absolute atomic E-state index is 13.7. The van der Waals surface area contributed by atoms with Gasteiger partial charge in [0.25, 0.3) is 0 Å². The molecule has 0 saturated heterocycles. The Morgan fingerprint density at radius 1 is 0.929 bits per heavy atom. The van der Waals surface area contributed by atoms with Crippen molar-refractivity contribution in [3.8, 4) is 0 Å². The first-order chi connectivity index (χ1) is 13.4. The van der Waals surface area contributed by atoms with Crippen molar-refractivity contribution in [1.29, 1.82) is 0 Å². The number of pyridine rings is 2. The predicted molar refractivity (Wildman–Crippen MR) is 108 cm³/mol. The molecular weight excluding hydrogens is 354 g/mol. The number of amides is 1. The van der Waals surface area contributed by atoms with E-state index in [1.165, 1.54) is 7.11 Å². The lowest BCUT2D eigenvalue weighted by molar-refractivity contribution is -0.142. The average molecular weight is 383 g/mol. The molecule has 2 aromatic rings. The van der Waals surface area contributed by atoms with E-state index >= 15 is 0 Å². The Balaban J connectivity index is 2.59. The van der Waals surface area contributed by atoms with Crippen LogP contribution in [0.25, 0.3) is 0 Å². The van der Waals surface area contributed by atoms with Crippen LogP contribution in [-0.4, -0.2) is 45.9 Å². The third kappa shape index (κ3) is 5.15. The molecule has 0 aliphatic carbocycles. The highest BCUT2D eigenvalue weighted by molar-refractivity contribution is 5.86.